The second kappa shape index (κ2) is 5.62. The molecule has 0 radical (unpaired) electrons. The van der Waals surface area contributed by atoms with Crippen molar-refractivity contribution in [1.29, 1.82) is 0 Å². The van der Waals surface area contributed by atoms with Gasteiger partial charge in [0.25, 0.3) is 0 Å². The van der Waals surface area contributed by atoms with E-state index < -0.39 is 0 Å². The average Bonchev–Trinajstić information content (AvgIpc) is 3.21. The lowest BCUT2D eigenvalue weighted by atomic mass is 9.95. The lowest BCUT2D eigenvalue weighted by molar-refractivity contribution is -0.00466. The largest absolute Gasteiger partial charge is 0.377 e. The molecule has 2 aliphatic rings. The van der Waals surface area contributed by atoms with Crippen LogP contribution in [0.5, 0.6) is 0 Å². The van der Waals surface area contributed by atoms with Crippen molar-refractivity contribution in [3.05, 3.63) is 10.6 Å². The first-order valence-corrected chi connectivity index (χ1v) is 8.41. The fourth-order valence-electron chi connectivity index (χ4n) is 2.98. The number of aromatic nitrogens is 1. The van der Waals surface area contributed by atoms with E-state index in [2.05, 4.69) is 17.1 Å². The number of nitrogens with one attached hydrogen (secondary N) is 1. The van der Waals surface area contributed by atoms with Crippen LogP contribution in [0, 0.1) is 0 Å². The van der Waals surface area contributed by atoms with Crippen molar-refractivity contribution in [2.24, 2.45) is 0 Å². The summed E-state index contributed by atoms with van der Waals surface area (Å²) in [5.41, 5.74) is 1.33. The molecular weight excluding hydrogens is 270 g/mol. The Kier molecular flexibility index (Phi) is 4.02. The second-order valence-electron chi connectivity index (χ2n) is 6.29. The minimum Gasteiger partial charge on any atom is -0.377 e. The summed E-state index contributed by atoms with van der Waals surface area (Å²) < 4.78 is 5.70. The molecule has 1 atom stereocenters. The highest BCUT2D eigenvalue weighted by Gasteiger charge is 2.34. The molecule has 3 rings (SSSR count). The third kappa shape index (κ3) is 2.85. The topological polar surface area (TPSA) is 37.4 Å². The number of methoxy groups -OCH3 is 1. The first-order chi connectivity index (χ1) is 9.65. The van der Waals surface area contributed by atoms with Crippen LogP contribution in [0.1, 0.15) is 49.1 Å². The molecule has 1 aliphatic heterocycles. The Morgan fingerprint density at radius 2 is 2.30 bits per heavy atom. The van der Waals surface area contributed by atoms with Crippen LogP contribution >= 0.6 is 11.3 Å². The van der Waals surface area contributed by atoms with Crippen molar-refractivity contribution < 1.29 is 4.74 Å². The smallest absolute Gasteiger partial charge is 0.185 e. The second-order valence-corrected chi connectivity index (χ2v) is 7.35. The van der Waals surface area contributed by atoms with Crippen LogP contribution in [-0.4, -0.2) is 37.8 Å². The summed E-state index contributed by atoms with van der Waals surface area (Å²) >= 11 is 1.87. The number of ether oxygens (including phenoxy) is 1. The Morgan fingerprint density at radius 1 is 1.50 bits per heavy atom. The Labute approximate surface area is 125 Å². The molecule has 1 unspecified atom stereocenters. The first-order valence-electron chi connectivity index (χ1n) is 7.59. The summed E-state index contributed by atoms with van der Waals surface area (Å²) in [6.45, 7) is 5.22. The molecule has 1 aliphatic carbocycles. The van der Waals surface area contributed by atoms with Gasteiger partial charge in [-0.15, -0.1) is 11.3 Å². The lowest BCUT2D eigenvalue weighted by Gasteiger charge is -2.39. The maximum Gasteiger partial charge on any atom is 0.185 e. The Balaban J connectivity index is 1.80. The standard InChI is InChI=1S/C15H25N3OS/c1-15(19-3)7-4-8-18(10-15)14-17-13(11-5-6-11)12(20-14)9-16-2/h11,16H,4-10H2,1-3H3. The molecule has 0 amide bonds. The maximum atomic E-state index is 5.70. The van der Waals surface area contributed by atoms with E-state index in [1.807, 2.05) is 25.5 Å². The van der Waals surface area contributed by atoms with Crippen LogP contribution in [0.25, 0.3) is 0 Å². The zero-order valence-electron chi connectivity index (χ0n) is 12.7. The van der Waals surface area contributed by atoms with Gasteiger partial charge in [-0.1, -0.05) is 0 Å². The molecule has 20 heavy (non-hydrogen) atoms. The van der Waals surface area contributed by atoms with Crippen molar-refractivity contribution in [3.63, 3.8) is 0 Å². The summed E-state index contributed by atoms with van der Waals surface area (Å²) in [5.74, 6) is 0.724. The van der Waals surface area contributed by atoms with E-state index in [4.69, 9.17) is 9.72 Å². The summed E-state index contributed by atoms with van der Waals surface area (Å²) in [6, 6.07) is 0. The van der Waals surface area contributed by atoms with Gasteiger partial charge in [0.2, 0.25) is 0 Å². The molecule has 1 aromatic heterocycles. The molecule has 0 aromatic carbocycles. The van der Waals surface area contributed by atoms with Crippen molar-refractivity contribution >= 4 is 16.5 Å². The molecule has 2 fully saturated rings. The van der Waals surface area contributed by atoms with E-state index in [0.29, 0.717) is 0 Å². The number of rotatable bonds is 5. The SMILES string of the molecule is CNCc1sc(N2CCCC(C)(OC)C2)nc1C1CC1. The van der Waals surface area contributed by atoms with Crippen LogP contribution in [0.3, 0.4) is 0 Å². The van der Waals surface area contributed by atoms with Crippen LogP contribution in [0.15, 0.2) is 0 Å². The van der Waals surface area contributed by atoms with Gasteiger partial charge in [-0.25, -0.2) is 4.98 Å². The highest BCUT2D eigenvalue weighted by atomic mass is 32.1. The quantitative estimate of drug-likeness (QED) is 0.906. The first kappa shape index (κ1) is 14.3. The van der Waals surface area contributed by atoms with Crippen molar-refractivity contribution in [2.75, 3.05) is 32.1 Å². The van der Waals surface area contributed by atoms with Crippen molar-refractivity contribution in [1.82, 2.24) is 10.3 Å². The van der Waals surface area contributed by atoms with E-state index in [1.165, 1.54) is 35.0 Å². The molecule has 2 heterocycles. The van der Waals surface area contributed by atoms with Crippen molar-refractivity contribution in [2.45, 2.75) is 50.7 Å². The Hall–Kier alpha value is -0.650. The van der Waals surface area contributed by atoms with E-state index in [-0.39, 0.29) is 5.60 Å². The van der Waals surface area contributed by atoms with Gasteiger partial charge in [0.1, 0.15) is 0 Å². The molecule has 1 N–H and O–H groups in total. The summed E-state index contributed by atoms with van der Waals surface area (Å²) in [6.07, 6.45) is 4.96. The molecular formula is C15H25N3OS. The average molecular weight is 295 g/mol. The summed E-state index contributed by atoms with van der Waals surface area (Å²) in [5, 5.41) is 4.47. The monoisotopic (exact) mass is 295 g/mol. The van der Waals surface area contributed by atoms with Gasteiger partial charge in [-0.2, -0.15) is 0 Å². The fourth-order valence-corrected chi connectivity index (χ4v) is 4.17. The number of thiazole rings is 1. The minimum atomic E-state index is -0.0210. The highest BCUT2D eigenvalue weighted by Crippen LogP contribution is 2.44. The number of piperidine rings is 1. The van der Waals surface area contributed by atoms with E-state index in [9.17, 15) is 0 Å². The van der Waals surface area contributed by atoms with Gasteiger partial charge in [0.05, 0.1) is 11.3 Å². The molecule has 1 saturated carbocycles. The number of hydrogen-bond acceptors (Lipinski definition) is 5. The van der Waals surface area contributed by atoms with Crippen molar-refractivity contribution in [3.8, 4) is 0 Å². The molecule has 1 aromatic rings. The van der Waals surface area contributed by atoms with E-state index >= 15 is 0 Å². The highest BCUT2D eigenvalue weighted by molar-refractivity contribution is 7.15. The van der Waals surface area contributed by atoms with Crippen LogP contribution < -0.4 is 10.2 Å². The van der Waals surface area contributed by atoms with Gasteiger partial charge in [-0.3, -0.25) is 0 Å². The number of nitrogens with zero attached hydrogens (tertiary/aromatic N) is 2. The molecule has 4 nitrogen and oxygen atoms in total. The molecule has 5 heteroatoms. The predicted octanol–water partition coefficient (Wildman–Crippen LogP) is 2.75. The van der Waals surface area contributed by atoms with Gasteiger partial charge < -0.3 is 15.0 Å². The van der Waals surface area contributed by atoms with Gasteiger partial charge in [0.15, 0.2) is 5.13 Å². The zero-order chi connectivity index (χ0) is 14.2. The lowest BCUT2D eigenvalue weighted by Crippen LogP contribution is -2.47. The van der Waals surface area contributed by atoms with Crippen LogP contribution in [-0.2, 0) is 11.3 Å². The third-order valence-corrected chi connectivity index (χ3v) is 5.57. The minimum absolute atomic E-state index is 0.0210. The third-order valence-electron chi connectivity index (χ3n) is 4.44. The van der Waals surface area contributed by atoms with Crippen LogP contribution in [0.2, 0.25) is 0 Å². The Bertz CT molecular complexity index is 472. The van der Waals surface area contributed by atoms with Crippen LogP contribution in [0.4, 0.5) is 5.13 Å². The number of anilines is 1. The number of hydrogen-bond donors (Lipinski definition) is 1. The Morgan fingerprint density at radius 3 is 2.95 bits per heavy atom. The molecule has 0 bridgehead atoms. The molecule has 0 spiro atoms. The van der Waals surface area contributed by atoms with Gasteiger partial charge in [0, 0.05) is 37.5 Å². The van der Waals surface area contributed by atoms with E-state index in [0.717, 1.165) is 32.0 Å². The normalized spacial score (nSPS) is 27.1. The predicted molar refractivity (Wildman–Crippen MR) is 83.7 cm³/mol. The van der Waals surface area contributed by atoms with Gasteiger partial charge >= 0.3 is 0 Å². The molecule has 112 valence electrons. The zero-order valence-corrected chi connectivity index (χ0v) is 13.6. The molecule has 1 saturated heterocycles. The maximum absolute atomic E-state index is 5.70. The van der Waals surface area contributed by atoms with Gasteiger partial charge in [-0.05, 0) is 39.7 Å². The summed E-state index contributed by atoms with van der Waals surface area (Å²) in [7, 11) is 3.84. The van der Waals surface area contributed by atoms with E-state index in [1.54, 1.807) is 0 Å². The fraction of sp³-hybridized carbons (Fsp3) is 0.800. The summed E-state index contributed by atoms with van der Waals surface area (Å²) in [4.78, 5) is 8.81.